The van der Waals surface area contributed by atoms with Gasteiger partial charge in [0.1, 0.15) is 0 Å². The van der Waals surface area contributed by atoms with Crippen molar-refractivity contribution in [2.45, 2.75) is 12.8 Å². The lowest BCUT2D eigenvalue weighted by atomic mass is 10.1. The Bertz CT molecular complexity index is 418. The Kier molecular flexibility index (Phi) is 6.15. The predicted molar refractivity (Wildman–Crippen MR) is 80.5 cm³/mol. The molecule has 1 amide bonds. The van der Waals surface area contributed by atoms with Gasteiger partial charge in [-0.3, -0.25) is 4.79 Å². The molecule has 0 aliphatic carbocycles. The normalized spacial score (nSPS) is 10.5. The number of nitrogens with zero attached hydrogens (tertiary/aromatic N) is 1. The molecule has 5 nitrogen and oxygen atoms in total. The highest BCUT2D eigenvalue weighted by molar-refractivity contribution is 6.00. The van der Waals surface area contributed by atoms with E-state index in [1.165, 1.54) is 0 Å². The molecular weight excluding hydrogens is 240 g/mol. The zero-order valence-electron chi connectivity index (χ0n) is 12.0. The molecule has 0 aromatic heterocycles. The van der Waals surface area contributed by atoms with Crippen molar-refractivity contribution in [3.05, 3.63) is 23.8 Å². The summed E-state index contributed by atoms with van der Waals surface area (Å²) in [7, 11) is 5.75. The molecular formula is C14H24N4O. The molecule has 1 rings (SSSR count). The van der Waals surface area contributed by atoms with Gasteiger partial charge in [0.05, 0.1) is 5.56 Å². The van der Waals surface area contributed by atoms with Gasteiger partial charge >= 0.3 is 0 Å². The van der Waals surface area contributed by atoms with Gasteiger partial charge in [-0.25, -0.2) is 0 Å². The molecule has 0 aliphatic heterocycles. The average molecular weight is 264 g/mol. The fourth-order valence-electron chi connectivity index (χ4n) is 1.82. The standard InChI is InChI=1S/C14H24N4O/c1-16-14(19)12-7-6-11(15)10-13(12)17-8-4-5-9-18(2)3/h6-7,10,17H,4-5,8-9,15H2,1-3H3,(H,16,19). The number of unbranched alkanes of at least 4 members (excludes halogenated alkanes) is 1. The molecule has 106 valence electrons. The summed E-state index contributed by atoms with van der Waals surface area (Å²) in [6.45, 7) is 1.90. The van der Waals surface area contributed by atoms with E-state index in [-0.39, 0.29) is 5.91 Å². The van der Waals surface area contributed by atoms with Gasteiger partial charge in [0, 0.05) is 25.0 Å². The van der Waals surface area contributed by atoms with E-state index in [9.17, 15) is 4.79 Å². The van der Waals surface area contributed by atoms with Crippen LogP contribution in [0.5, 0.6) is 0 Å². The third-order valence-corrected chi connectivity index (χ3v) is 2.86. The van der Waals surface area contributed by atoms with E-state index in [0.717, 1.165) is 31.6 Å². The maximum absolute atomic E-state index is 11.7. The smallest absolute Gasteiger partial charge is 0.253 e. The molecule has 1 aromatic carbocycles. The quantitative estimate of drug-likeness (QED) is 0.514. The van der Waals surface area contributed by atoms with Gasteiger partial charge < -0.3 is 21.3 Å². The first-order valence-electron chi connectivity index (χ1n) is 6.55. The number of nitrogens with one attached hydrogen (secondary N) is 2. The van der Waals surface area contributed by atoms with E-state index < -0.39 is 0 Å². The molecule has 0 aliphatic rings. The van der Waals surface area contributed by atoms with Crippen molar-refractivity contribution in [2.24, 2.45) is 0 Å². The van der Waals surface area contributed by atoms with Crippen molar-refractivity contribution in [3.8, 4) is 0 Å². The van der Waals surface area contributed by atoms with Gasteiger partial charge in [-0.1, -0.05) is 0 Å². The fourth-order valence-corrected chi connectivity index (χ4v) is 1.82. The summed E-state index contributed by atoms with van der Waals surface area (Å²) >= 11 is 0. The van der Waals surface area contributed by atoms with Gasteiger partial charge in [-0.2, -0.15) is 0 Å². The number of hydrogen-bond acceptors (Lipinski definition) is 4. The minimum Gasteiger partial charge on any atom is -0.399 e. The van der Waals surface area contributed by atoms with E-state index in [4.69, 9.17) is 5.73 Å². The number of carbonyl (C=O) groups is 1. The highest BCUT2D eigenvalue weighted by Crippen LogP contribution is 2.19. The first-order valence-corrected chi connectivity index (χ1v) is 6.55. The molecule has 0 atom stereocenters. The van der Waals surface area contributed by atoms with Crippen LogP contribution in [0.15, 0.2) is 18.2 Å². The molecule has 0 spiro atoms. The van der Waals surface area contributed by atoms with E-state index in [0.29, 0.717) is 11.3 Å². The summed E-state index contributed by atoms with van der Waals surface area (Å²) in [5.74, 6) is -0.101. The molecule has 5 heteroatoms. The number of rotatable bonds is 7. The first-order chi connectivity index (χ1) is 9.04. The minimum atomic E-state index is -0.101. The van der Waals surface area contributed by atoms with Crippen molar-refractivity contribution in [1.82, 2.24) is 10.2 Å². The van der Waals surface area contributed by atoms with Crippen molar-refractivity contribution in [2.75, 3.05) is 45.3 Å². The zero-order valence-corrected chi connectivity index (χ0v) is 12.0. The number of nitrogen functional groups attached to an aromatic ring is 1. The Labute approximate surface area is 115 Å². The molecule has 0 radical (unpaired) electrons. The van der Waals surface area contributed by atoms with Gasteiger partial charge in [0.2, 0.25) is 0 Å². The first kappa shape index (κ1) is 15.3. The van der Waals surface area contributed by atoms with Gasteiger partial charge in [-0.05, 0) is 51.7 Å². The monoisotopic (exact) mass is 264 g/mol. The second-order valence-electron chi connectivity index (χ2n) is 4.82. The Hall–Kier alpha value is -1.75. The van der Waals surface area contributed by atoms with Crippen molar-refractivity contribution >= 4 is 17.3 Å². The van der Waals surface area contributed by atoms with Crippen molar-refractivity contribution < 1.29 is 4.79 Å². The summed E-state index contributed by atoms with van der Waals surface area (Å²) < 4.78 is 0. The lowest BCUT2D eigenvalue weighted by molar-refractivity contribution is 0.0964. The lowest BCUT2D eigenvalue weighted by Crippen LogP contribution is -2.20. The molecule has 0 saturated carbocycles. The van der Waals surface area contributed by atoms with Crippen molar-refractivity contribution in [3.63, 3.8) is 0 Å². The van der Waals surface area contributed by atoms with Crippen molar-refractivity contribution in [1.29, 1.82) is 0 Å². The minimum absolute atomic E-state index is 0.101. The Morgan fingerprint density at radius 3 is 2.68 bits per heavy atom. The van der Waals surface area contributed by atoms with Crippen LogP contribution in [0.25, 0.3) is 0 Å². The molecule has 0 fully saturated rings. The van der Waals surface area contributed by atoms with Crippen LogP contribution in [0.2, 0.25) is 0 Å². The second kappa shape index (κ2) is 7.63. The summed E-state index contributed by atoms with van der Waals surface area (Å²) in [4.78, 5) is 13.9. The van der Waals surface area contributed by atoms with Crippen LogP contribution >= 0.6 is 0 Å². The van der Waals surface area contributed by atoms with E-state index in [1.807, 2.05) is 0 Å². The second-order valence-corrected chi connectivity index (χ2v) is 4.82. The van der Waals surface area contributed by atoms with Crippen LogP contribution < -0.4 is 16.4 Å². The summed E-state index contributed by atoms with van der Waals surface area (Å²) in [5, 5.41) is 5.91. The average Bonchev–Trinajstić information content (AvgIpc) is 2.37. The fraction of sp³-hybridized carbons (Fsp3) is 0.500. The molecule has 0 heterocycles. The van der Waals surface area contributed by atoms with Crippen LogP contribution in [-0.2, 0) is 0 Å². The van der Waals surface area contributed by atoms with E-state index in [1.54, 1.807) is 25.2 Å². The molecule has 0 unspecified atom stereocenters. The predicted octanol–water partition coefficient (Wildman–Crippen LogP) is 1.38. The Morgan fingerprint density at radius 2 is 2.05 bits per heavy atom. The maximum atomic E-state index is 11.7. The number of benzene rings is 1. The molecule has 0 bridgehead atoms. The van der Waals surface area contributed by atoms with Gasteiger partial charge in [-0.15, -0.1) is 0 Å². The van der Waals surface area contributed by atoms with Crippen LogP contribution in [0.4, 0.5) is 11.4 Å². The number of carbonyl (C=O) groups excluding carboxylic acids is 1. The van der Waals surface area contributed by atoms with E-state index in [2.05, 4.69) is 29.6 Å². The van der Waals surface area contributed by atoms with Crippen LogP contribution in [0, 0.1) is 0 Å². The SMILES string of the molecule is CNC(=O)c1ccc(N)cc1NCCCCN(C)C. The molecule has 0 saturated heterocycles. The zero-order chi connectivity index (χ0) is 14.3. The maximum Gasteiger partial charge on any atom is 0.253 e. The summed E-state index contributed by atoms with van der Waals surface area (Å²) in [6.07, 6.45) is 2.18. The van der Waals surface area contributed by atoms with E-state index >= 15 is 0 Å². The lowest BCUT2D eigenvalue weighted by Gasteiger charge is -2.13. The Balaban J connectivity index is 2.56. The number of nitrogens with two attached hydrogens (primary N) is 1. The van der Waals surface area contributed by atoms with Crippen LogP contribution in [0.1, 0.15) is 23.2 Å². The van der Waals surface area contributed by atoms with Gasteiger partial charge in [0.25, 0.3) is 5.91 Å². The number of amides is 1. The highest BCUT2D eigenvalue weighted by atomic mass is 16.1. The van der Waals surface area contributed by atoms with Crippen LogP contribution in [0.3, 0.4) is 0 Å². The summed E-state index contributed by atoms with van der Waals surface area (Å²) in [6, 6.07) is 5.29. The summed E-state index contributed by atoms with van der Waals surface area (Å²) in [5.41, 5.74) is 7.84. The topological polar surface area (TPSA) is 70.4 Å². The third kappa shape index (κ3) is 5.18. The van der Waals surface area contributed by atoms with Gasteiger partial charge in [0.15, 0.2) is 0 Å². The Morgan fingerprint density at radius 1 is 1.32 bits per heavy atom. The molecule has 19 heavy (non-hydrogen) atoms. The number of anilines is 2. The third-order valence-electron chi connectivity index (χ3n) is 2.86. The number of hydrogen-bond donors (Lipinski definition) is 3. The van der Waals surface area contributed by atoms with Crippen LogP contribution in [-0.4, -0.2) is 45.0 Å². The highest BCUT2D eigenvalue weighted by Gasteiger charge is 2.09. The molecule has 4 N–H and O–H groups in total. The molecule has 1 aromatic rings. The largest absolute Gasteiger partial charge is 0.399 e.